The highest BCUT2D eigenvalue weighted by Gasteiger charge is 2.47. The third kappa shape index (κ3) is 1.46. The quantitative estimate of drug-likeness (QED) is 0.320. The molecule has 0 radical (unpaired) electrons. The second-order valence-electron chi connectivity index (χ2n) is 3.14. The van der Waals surface area contributed by atoms with Crippen molar-refractivity contribution in [3.05, 3.63) is 0 Å². The Hall–Kier alpha value is -0.200. The lowest BCUT2D eigenvalue weighted by Gasteiger charge is -2.16. The van der Waals surface area contributed by atoms with Crippen LogP contribution >= 0.6 is 0 Å². The summed E-state index contributed by atoms with van der Waals surface area (Å²) in [6, 6.07) is 0. The number of hydrogen-bond donors (Lipinski definition) is 5. The number of aliphatic hydroxyl groups excluding tert-OH is 5. The molecule has 0 aromatic carbocycles. The van der Waals surface area contributed by atoms with E-state index in [1.807, 2.05) is 0 Å². The standard InChI is InChI=1S/C7H14O5/c8-2-1-3-4(9)6(11)7(12)5(3)10/h3-12H,1-2H2/t3?,4-,5-,6-,7+/m1/s1. The van der Waals surface area contributed by atoms with Crippen LogP contribution in [0.15, 0.2) is 0 Å². The van der Waals surface area contributed by atoms with Gasteiger partial charge in [0.05, 0.1) is 12.2 Å². The van der Waals surface area contributed by atoms with Crippen LogP contribution in [0.4, 0.5) is 0 Å². The second kappa shape index (κ2) is 3.68. The van der Waals surface area contributed by atoms with Crippen molar-refractivity contribution in [1.29, 1.82) is 0 Å². The van der Waals surface area contributed by atoms with E-state index in [0.717, 1.165) is 0 Å². The van der Waals surface area contributed by atoms with Crippen molar-refractivity contribution < 1.29 is 25.5 Å². The first-order chi connectivity index (χ1) is 5.59. The molecule has 0 heterocycles. The lowest BCUT2D eigenvalue weighted by molar-refractivity contribution is -0.0413. The number of aliphatic hydroxyl groups is 5. The predicted octanol–water partition coefficient (Wildman–Crippen LogP) is -2.56. The lowest BCUT2D eigenvalue weighted by atomic mass is 10.00. The molecule has 5 heteroatoms. The van der Waals surface area contributed by atoms with Crippen molar-refractivity contribution in [2.75, 3.05) is 6.61 Å². The minimum absolute atomic E-state index is 0.177. The highest BCUT2D eigenvalue weighted by Crippen LogP contribution is 2.29. The molecular formula is C7H14O5. The third-order valence-corrected chi connectivity index (χ3v) is 2.39. The Kier molecular flexibility index (Phi) is 3.03. The summed E-state index contributed by atoms with van der Waals surface area (Å²) >= 11 is 0. The second-order valence-corrected chi connectivity index (χ2v) is 3.14. The Morgan fingerprint density at radius 1 is 0.750 bits per heavy atom. The molecule has 72 valence electrons. The van der Waals surface area contributed by atoms with Gasteiger partial charge in [0.15, 0.2) is 0 Å². The first-order valence-corrected chi connectivity index (χ1v) is 3.92. The minimum Gasteiger partial charge on any atom is -0.396 e. The van der Waals surface area contributed by atoms with Crippen molar-refractivity contribution in [2.45, 2.75) is 30.8 Å². The van der Waals surface area contributed by atoms with Crippen LogP contribution in [-0.2, 0) is 0 Å². The molecule has 1 saturated carbocycles. The molecular weight excluding hydrogens is 164 g/mol. The van der Waals surface area contributed by atoms with Crippen LogP contribution in [0.2, 0.25) is 0 Å². The third-order valence-electron chi connectivity index (χ3n) is 2.39. The van der Waals surface area contributed by atoms with Crippen molar-refractivity contribution in [3.63, 3.8) is 0 Å². The van der Waals surface area contributed by atoms with Gasteiger partial charge in [-0.2, -0.15) is 0 Å². The molecule has 1 unspecified atom stereocenters. The molecule has 1 rings (SSSR count). The van der Waals surface area contributed by atoms with E-state index >= 15 is 0 Å². The van der Waals surface area contributed by atoms with Crippen molar-refractivity contribution in [3.8, 4) is 0 Å². The Bertz CT molecular complexity index is 137. The molecule has 1 aliphatic rings. The smallest absolute Gasteiger partial charge is 0.109 e. The molecule has 0 amide bonds. The number of rotatable bonds is 2. The molecule has 0 saturated heterocycles. The van der Waals surface area contributed by atoms with Gasteiger partial charge in [-0.15, -0.1) is 0 Å². The topological polar surface area (TPSA) is 101 Å². The molecule has 5 N–H and O–H groups in total. The maximum absolute atomic E-state index is 9.25. The van der Waals surface area contributed by atoms with E-state index < -0.39 is 30.3 Å². The average molecular weight is 178 g/mol. The van der Waals surface area contributed by atoms with Crippen LogP contribution in [0.1, 0.15) is 6.42 Å². The Labute approximate surface area is 69.9 Å². The fourth-order valence-electron chi connectivity index (χ4n) is 1.60. The van der Waals surface area contributed by atoms with E-state index in [2.05, 4.69) is 0 Å². The molecule has 0 bridgehead atoms. The van der Waals surface area contributed by atoms with E-state index in [9.17, 15) is 10.2 Å². The Morgan fingerprint density at radius 2 is 1.17 bits per heavy atom. The van der Waals surface area contributed by atoms with E-state index in [0.29, 0.717) is 0 Å². The van der Waals surface area contributed by atoms with Gasteiger partial charge in [0.2, 0.25) is 0 Å². The molecule has 0 aliphatic heterocycles. The van der Waals surface area contributed by atoms with Crippen LogP contribution in [-0.4, -0.2) is 56.6 Å². The van der Waals surface area contributed by atoms with Crippen LogP contribution < -0.4 is 0 Å². The lowest BCUT2D eigenvalue weighted by Crippen LogP contribution is -2.32. The first kappa shape index (κ1) is 9.88. The van der Waals surface area contributed by atoms with Crippen molar-refractivity contribution in [2.24, 2.45) is 5.92 Å². The van der Waals surface area contributed by atoms with Crippen molar-refractivity contribution in [1.82, 2.24) is 0 Å². The predicted molar refractivity (Wildman–Crippen MR) is 39.2 cm³/mol. The van der Waals surface area contributed by atoms with Crippen molar-refractivity contribution >= 4 is 0 Å². The van der Waals surface area contributed by atoms with E-state index in [1.165, 1.54) is 0 Å². The SMILES string of the molecule is OCCC1[C@@H](O)[C@H](O)[C@H](O)[C@@H]1O. The normalized spacial score (nSPS) is 43.8. The van der Waals surface area contributed by atoms with Gasteiger partial charge in [-0.1, -0.05) is 0 Å². The molecule has 0 spiro atoms. The van der Waals surface area contributed by atoms with Crippen LogP contribution in [0, 0.1) is 5.92 Å². The highest BCUT2D eigenvalue weighted by atomic mass is 16.4. The van der Waals surface area contributed by atoms with Gasteiger partial charge < -0.3 is 25.5 Å². The Morgan fingerprint density at radius 3 is 1.50 bits per heavy atom. The Balaban J connectivity index is 2.62. The summed E-state index contributed by atoms with van der Waals surface area (Å²) in [5.74, 6) is -0.639. The number of hydrogen-bond acceptors (Lipinski definition) is 5. The highest BCUT2D eigenvalue weighted by molar-refractivity contribution is 4.97. The summed E-state index contributed by atoms with van der Waals surface area (Å²) in [7, 11) is 0. The fourth-order valence-corrected chi connectivity index (χ4v) is 1.60. The van der Waals surface area contributed by atoms with Gasteiger partial charge in [-0.05, 0) is 6.42 Å². The van der Waals surface area contributed by atoms with E-state index in [-0.39, 0.29) is 13.0 Å². The van der Waals surface area contributed by atoms with E-state index in [1.54, 1.807) is 0 Å². The molecule has 0 aromatic rings. The summed E-state index contributed by atoms with van der Waals surface area (Å²) in [4.78, 5) is 0. The zero-order valence-corrected chi connectivity index (χ0v) is 6.54. The summed E-state index contributed by atoms with van der Waals surface area (Å²) in [6.07, 6.45) is -4.74. The maximum Gasteiger partial charge on any atom is 0.109 e. The van der Waals surface area contributed by atoms with Gasteiger partial charge in [-0.25, -0.2) is 0 Å². The largest absolute Gasteiger partial charge is 0.396 e. The van der Waals surface area contributed by atoms with Gasteiger partial charge in [0.25, 0.3) is 0 Å². The summed E-state index contributed by atoms with van der Waals surface area (Å²) in [6.45, 7) is -0.182. The average Bonchev–Trinajstić information content (AvgIpc) is 2.23. The minimum atomic E-state index is -1.31. The zero-order chi connectivity index (χ0) is 9.30. The van der Waals surface area contributed by atoms with Gasteiger partial charge in [0.1, 0.15) is 12.2 Å². The van der Waals surface area contributed by atoms with Gasteiger partial charge in [0, 0.05) is 12.5 Å². The molecule has 0 aromatic heterocycles. The van der Waals surface area contributed by atoms with Crippen LogP contribution in [0.25, 0.3) is 0 Å². The van der Waals surface area contributed by atoms with E-state index in [4.69, 9.17) is 15.3 Å². The summed E-state index contributed by atoms with van der Waals surface area (Å²) in [5, 5.41) is 45.2. The van der Waals surface area contributed by atoms with Gasteiger partial charge in [-0.3, -0.25) is 0 Å². The van der Waals surface area contributed by atoms with Crippen LogP contribution in [0.3, 0.4) is 0 Å². The molecule has 1 fully saturated rings. The molecule has 5 atom stereocenters. The first-order valence-electron chi connectivity index (χ1n) is 3.92. The molecule has 5 nitrogen and oxygen atoms in total. The molecule has 12 heavy (non-hydrogen) atoms. The molecule has 1 aliphatic carbocycles. The fraction of sp³-hybridized carbons (Fsp3) is 1.00. The summed E-state index contributed by atoms with van der Waals surface area (Å²) in [5.41, 5.74) is 0. The zero-order valence-electron chi connectivity index (χ0n) is 6.54. The monoisotopic (exact) mass is 178 g/mol. The maximum atomic E-state index is 9.25. The van der Waals surface area contributed by atoms with Gasteiger partial charge >= 0.3 is 0 Å². The van der Waals surface area contributed by atoms with Crippen LogP contribution in [0.5, 0.6) is 0 Å². The summed E-state index contributed by atoms with van der Waals surface area (Å²) < 4.78 is 0.